The quantitative estimate of drug-likeness (QED) is 0.160. The Morgan fingerprint density at radius 1 is 0.538 bits per heavy atom. The lowest BCUT2D eigenvalue weighted by atomic mass is 9.35. The highest BCUT2D eigenvalue weighted by Crippen LogP contribution is 2.41. The van der Waals surface area contributed by atoms with Crippen LogP contribution >= 0.6 is 0 Å². The Bertz CT molecular complexity index is 1330. The smallest absolute Gasteiger partial charge is 0.259 e. The highest BCUT2D eigenvalue weighted by Gasteiger charge is 2.46. The van der Waals surface area contributed by atoms with Crippen molar-refractivity contribution in [2.75, 3.05) is 4.90 Å². The van der Waals surface area contributed by atoms with Crippen molar-refractivity contribution in [3.05, 3.63) is 82.4 Å². The second-order valence-electron chi connectivity index (χ2n) is 10.8. The number of piperidine rings is 1. The predicted molar refractivity (Wildman–Crippen MR) is 128 cm³/mol. The highest BCUT2D eigenvalue weighted by molar-refractivity contribution is 6.96. The first-order valence-electron chi connectivity index (χ1n) is 12.0. The highest BCUT2D eigenvalue weighted by atomic mass is 19.2. The first-order valence-corrected chi connectivity index (χ1v) is 12.0. The standard InChI is InChI=1S/C27H22BF10N/c1-26(2)10-7-11-27(3,4)39(26)13-9-6-5-8-12(13)28(14-16(29)20(33)24(37)21(34)17(14)30)15-18(31)22(35)25(38)23(36)19(15)32/h5-6,8-9H,7,10-11H2,1-4H3. The molecule has 39 heavy (non-hydrogen) atoms. The number of anilines is 1. The average molecular weight is 561 g/mol. The zero-order valence-corrected chi connectivity index (χ0v) is 21.2. The maximum Gasteiger partial charge on any atom is 0.259 e. The fourth-order valence-electron chi connectivity index (χ4n) is 5.79. The maximum absolute atomic E-state index is 15.2. The largest absolute Gasteiger partial charge is 0.362 e. The fourth-order valence-corrected chi connectivity index (χ4v) is 5.79. The van der Waals surface area contributed by atoms with E-state index < -0.39 is 92.4 Å². The summed E-state index contributed by atoms with van der Waals surface area (Å²) in [5.41, 5.74) is -5.27. The van der Waals surface area contributed by atoms with Gasteiger partial charge < -0.3 is 4.90 Å². The summed E-state index contributed by atoms with van der Waals surface area (Å²) in [6.07, 6.45) is 1.93. The third-order valence-corrected chi connectivity index (χ3v) is 7.34. The van der Waals surface area contributed by atoms with Gasteiger partial charge in [-0.15, -0.1) is 0 Å². The molecule has 0 unspecified atom stereocenters. The van der Waals surface area contributed by atoms with Crippen LogP contribution in [0.1, 0.15) is 47.0 Å². The molecule has 0 aromatic heterocycles. The first-order chi connectivity index (χ1) is 18.0. The predicted octanol–water partition coefficient (Wildman–Crippen LogP) is 6.14. The van der Waals surface area contributed by atoms with Crippen LogP contribution in [0, 0.1) is 58.2 Å². The lowest BCUT2D eigenvalue weighted by Gasteiger charge is -2.55. The number of hydrogen-bond donors (Lipinski definition) is 0. The van der Waals surface area contributed by atoms with Gasteiger partial charge in [0.05, 0.1) is 0 Å². The van der Waals surface area contributed by atoms with Crippen LogP contribution in [0.4, 0.5) is 49.6 Å². The minimum Gasteiger partial charge on any atom is -0.362 e. The van der Waals surface area contributed by atoms with Gasteiger partial charge >= 0.3 is 0 Å². The molecule has 0 radical (unpaired) electrons. The van der Waals surface area contributed by atoms with Crippen molar-refractivity contribution in [3.8, 4) is 0 Å². The summed E-state index contributed by atoms with van der Waals surface area (Å²) in [5, 5.41) is 0. The normalized spacial score (nSPS) is 16.5. The van der Waals surface area contributed by atoms with Gasteiger partial charge in [-0.3, -0.25) is 0 Å². The van der Waals surface area contributed by atoms with Gasteiger partial charge in [0.2, 0.25) is 0 Å². The lowest BCUT2D eigenvalue weighted by molar-refractivity contribution is 0.244. The Morgan fingerprint density at radius 3 is 1.26 bits per heavy atom. The molecule has 1 aliphatic heterocycles. The Balaban J connectivity index is 2.20. The molecule has 0 saturated carbocycles. The van der Waals surface area contributed by atoms with E-state index in [2.05, 4.69) is 0 Å². The van der Waals surface area contributed by atoms with Crippen molar-refractivity contribution in [3.63, 3.8) is 0 Å². The number of nitrogens with zero attached hydrogens (tertiary/aromatic N) is 1. The van der Waals surface area contributed by atoms with Crippen molar-refractivity contribution < 1.29 is 43.9 Å². The van der Waals surface area contributed by atoms with Gasteiger partial charge in [-0.2, -0.15) is 0 Å². The monoisotopic (exact) mass is 561 g/mol. The Morgan fingerprint density at radius 2 is 0.872 bits per heavy atom. The molecule has 0 bridgehead atoms. The third-order valence-electron chi connectivity index (χ3n) is 7.34. The minimum absolute atomic E-state index is 0.0603. The Hall–Kier alpha value is -3.18. The molecule has 208 valence electrons. The second kappa shape index (κ2) is 9.78. The number of hydrogen-bond acceptors (Lipinski definition) is 1. The van der Waals surface area contributed by atoms with E-state index in [1.54, 1.807) is 4.90 Å². The molecule has 1 saturated heterocycles. The molecule has 1 fully saturated rings. The van der Waals surface area contributed by atoms with Gasteiger partial charge in [-0.25, -0.2) is 43.9 Å². The van der Waals surface area contributed by atoms with Gasteiger partial charge in [-0.05, 0) is 58.5 Å². The van der Waals surface area contributed by atoms with Gasteiger partial charge in [0.15, 0.2) is 58.2 Å². The summed E-state index contributed by atoms with van der Waals surface area (Å²) in [6.45, 7) is 4.64. The number of halogens is 10. The molecule has 0 aliphatic carbocycles. The van der Waals surface area contributed by atoms with Crippen molar-refractivity contribution in [1.82, 2.24) is 0 Å². The molecule has 1 heterocycles. The number of benzene rings is 3. The van der Waals surface area contributed by atoms with Crippen LogP contribution in [-0.2, 0) is 0 Å². The van der Waals surface area contributed by atoms with E-state index in [0.717, 1.165) is 12.5 Å². The maximum atomic E-state index is 15.2. The molecule has 3 aromatic rings. The minimum atomic E-state index is -2.62. The molecular weight excluding hydrogens is 539 g/mol. The summed E-state index contributed by atoms with van der Waals surface area (Å²) >= 11 is 0. The summed E-state index contributed by atoms with van der Waals surface area (Å²) in [6, 6.07) is 5.22. The van der Waals surface area contributed by atoms with Gasteiger partial charge in [0.25, 0.3) is 6.71 Å². The molecule has 0 atom stereocenters. The zero-order valence-electron chi connectivity index (χ0n) is 21.2. The zero-order chi connectivity index (χ0) is 29.2. The van der Waals surface area contributed by atoms with E-state index >= 15 is 17.6 Å². The Labute approximate surface area is 218 Å². The van der Waals surface area contributed by atoms with Gasteiger partial charge in [-0.1, -0.05) is 18.2 Å². The third kappa shape index (κ3) is 4.45. The van der Waals surface area contributed by atoms with Crippen LogP contribution in [0.5, 0.6) is 0 Å². The molecule has 0 N–H and O–H groups in total. The summed E-state index contributed by atoms with van der Waals surface area (Å²) < 4.78 is 146. The van der Waals surface area contributed by atoms with E-state index in [4.69, 9.17) is 0 Å². The van der Waals surface area contributed by atoms with Crippen molar-refractivity contribution in [2.45, 2.75) is 58.0 Å². The first kappa shape index (κ1) is 28.8. The number of para-hydroxylation sites is 1. The SMILES string of the molecule is CC1(C)CCCC(C)(C)N1c1ccccc1B(c1c(F)c(F)c(F)c(F)c1F)c1c(F)c(F)c(F)c(F)c1F. The topological polar surface area (TPSA) is 3.24 Å². The molecule has 0 amide bonds. The fraction of sp³-hybridized carbons (Fsp3) is 0.333. The van der Waals surface area contributed by atoms with E-state index in [1.165, 1.54) is 18.2 Å². The van der Waals surface area contributed by atoms with Crippen LogP contribution in [-0.4, -0.2) is 17.8 Å². The molecule has 12 heteroatoms. The van der Waals surface area contributed by atoms with Crippen molar-refractivity contribution >= 4 is 28.8 Å². The average Bonchev–Trinajstić information content (AvgIpc) is 2.87. The molecule has 3 aromatic carbocycles. The van der Waals surface area contributed by atoms with Crippen LogP contribution < -0.4 is 21.3 Å². The summed E-state index contributed by atoms with van der Waals surface area (Å²) in [7, 11) is 0. The van der Waals surface area contributed by atoms with Gasteiger partial charge in [0, 0.05) is 27.7 Å². The van der Waals surface area contributed by atoms with E-state index in [1.807, 2.05) is 27.7 Å². The van der Waals surface area contributed by atoms with E-state index in [9.17, 15) is 26.3 Å². The van der Waals surface area contributed by atoms with Crippen molar-refractivity contribution in [1.29, 1.82) is 0 Å². The Kier molecular flexibility index (Phi) is 7.23. The molecule has 0 spiro atoms. The molecular formula is C27H22BF10N. The van der Waals surface area contributed by atoms with Crippen LogP contribution in [0.2, 0.25) is 0 Å². The van der Waals surface area contributed by atoms with Crippen LogP contribution in [0.15, 0.2) is 24.3 Å². The van der Waals surface area contributed by atoms with E-state index in [-0.39, 0.29) is 5.69 Å². The summed E-state index contributed by atoms with van der Waals surface area (Å²) in [5.74, 6) is -24.7. The molecule has 1 nitrogen and oxygen atoms in total. The van der Waals surface area contributed by atoms with Gasteiger partial charge in [0.1, 0.15) is 0 Å². The molecule has 1 aliphatic rings. The van der Waals surface area contributed by atoms with Crippen LogP contribution in [0.25, 0.3) is 0 Å². The second-order valence-corrected chi connectivity index (χ2v) is 10.8. The number of rotatable bonds is 4. The lowest BCUT2D eigenvalue weighted by Crippen LogP contribution is -2.64. The molecule has 4 rings (SSSR count). The van der Waals surface area contributed by atoms with Crippen molar-refractivity contribution in [2.24, 2.45) is 0 Å². The summed E-state index contributed by atoms with van der Waals surface area (Å²) in [4.78, 5) is 1.77. The van der Waals surface area contributed by atoms with Crippen LogP contribution in [0.3, 0.4) is 0 Å². The van der Waals surface area contributed by atoms with E-state index in [0.29, 0.717) is 12.8 Å².